The topological polar surface area (TPSA) is 74.0 Å². The molecule has 2 N–H and O–H groups in total. The molecular weight excluding hydrogens is 290 g/mol. The number of nitrogens with zero attached hydrogens (tertiary/aromatic N) is 2. The van der Waals surface area contributed by atoms with Crippen LogP contribution in [0.2, 0.25) is 5.02 Å². The van der Waals surface area contributed by atoms with E-state index in [4.69, 9.17) is 16.8 Å². The van der Waals surface area contributed by atoms with Crippen molar-refractivity contribution >= 4 is 29.4 Å². The number of amides is 1. The Morgan fingerprint density at radius 1 is 1.05 bits per heavy atom. The maximum absolute atomic E-state index is 11.9. The number of carbonyl (C=O) groups is 1. The standard InChI is InChI=1S/C15H12ClN3O2/c16-13-8-6-11(7-9-13)14(10-17-21)18-19-15(20)12-4-2-1-3-5-12/h1-10,21H,(H,19,20). The average Bonchev–Trinajstić information content (AvgIpc) is 2.53. The molecule has 0 aliphatic rings. The molecule has 106 valence electrons. The molecule has 0 radical (unpaired) electrons. The lowest BCUT2D eigenvalue weighted by Crippen LogP contribution is -2.20. The number of hydrogen-bond donors (Lipinski definition) is 2. The smallest absolute Gasteiger partial charge is 0.271 e. The molecule has 0 aliphatic carbocycles. The molecule has 0 heterocycles. The van der Waals surface area contributed by atoms with E-state index in [0.717, 1.165) is 6.21 Å². The Morgan fingerprint density at radius 2 is 1.71 bits per heavy atom. The second kappa shape index (κ2) is 7.21. The van der Waals surface area contributed by atoms with Crippen molar-refractivity contribution in [3.8, 4) is 0 Å². The molecule has 0 saturated heterocycles. The van der Waals surface area contributed by atoms with E-state index in [9.17, 15) is 4.79 Å². The van der Waals surface area contributed by atoms with Crippen LogP contribution in [0.3, 0.4) is 0 Å². The summed E-state index contributed by atoms with van der Waals surface area (Å²) in [7, 11) is 0. The second-order valence-electron chi connectivity index (χ2n) is 4.06. The first-order valence-corrected chi connectivity index (χ1v) is 6.45. The summed E-state index contributed by atoms with van der Waals surface area (Å²) in [5.74, 6) is -0.353. The molecule has 2 rings (SSSR count). The molecule has 0 aliphatic heterocycles. The Bertz CT molecular complexity index is 667. The average molecular weight is 302 g/mol. The quantitative estimate of drug-likeness (QED) is 0.517. The van der Waals surface area contributed by atoms with Crippen LogP contribution < -0.4 is 5.43 Å². The third kappa shape index (κ3) is 4.15. The fraction of sp³-hybridized carbons (Fsp3) is 0. The summed E-state index contributed by atoms with van der Waals surface area (Å²) in [6, 6.07) is 15.4. The lowest BCUT2D eigenvalue weighted by atomic mass is 10.1. The number of hydrazone groups is 1. The van der Waals surface area contributed by atoms with Gasteiger partial charge in [0, 0.05) is 16.1 Å². The van der Waals surface area contributed by atoms with Gasteiger partial charge in [-0.25, -0.2) is 5.43 Å². The van der Waals surface area contributed by atoms with E-state index in [1.807, 2.05) is 6.07 Å². The highest BCUT2D eigenvalue weighted by atomic mass is 35.5. The van der Waals surface area contributed by atoms with E-state index >= 15 is 0 Å². The third-order valence-electron chi connectivity index (χ3n) is 2.63. The van der Waals surface area contributed by atoms with Crippen LogP contribution in [0.25, 0.3) is 0 Å². The molecule has 0 unspecified atom stereocenters. The summed E-state index contributed by atoms with van der Waals surface area (Å²) >= 11 is 5.81. The van der Waals surface area contributed by atoms with E-state index in [1.54, 1.807) is 48.5 Å². The van der Waals surface area contributed by atoms with Crippen molar-refractivity contribution in [2.24, 2.45) is 10.3 Å². The molecule has 0 spiro atoms. The number of rotatable bonds is 4. The predicted octanol–water partition coefficient (Wildman–Crippen LogP) is 2.93. The van der Waals surface area contributed by atoms with Gasteiger partial charge >= 0.3 is 0 Å². The van der Waals surface area contributed by atoms with Gasteiger partial charge in [0.1, 0.15) is 5.71 Å². The van der Waals surface area contributed by atoms with Crippen LogP contribution in [-0.2, 0) is 0 Å². The van der Waals surface area contributed by atoms with Crippen LogP contribution in [0.4, 0.5) is 0 Å². The normalized spacial score (nSPS) is 11.6. The van der Waals surface area contributed by atoms with Gasteiger partial charge in [0.15, 0.2) is 0 Å². The molecule has 0 fully saturated rings. The van der Waals surface area contributed by atoms with Crippen LogP contribution in [0.1, 0.15) is 15.9 Å². The molecule has 2 aromatic rings. The Labute approximate surface area is 126 Å². The molecule has 1 amide bonds. The summed E-state index contributed by atoms with van der Waals surface area (Å²) in [5.41, 5.74) is 3.86. The minimum atomic E-state index is -0.353. The number of benzene rings is 2. The van der Waals surface area contributed by atoms with E-state index in [0.29, 0.717) is 21.9 Å². The second-order valence-corrected chi connectivity index (χ2v) is 4.49. The number of carbonyl (C=O) groups excluding carboxylic acids is 1. The first-order chi connectivity index (χ1) is 10.2. The summed E-state index contributed by atoms with van der Waals surface area (Å²) in [4.78, 5) is 11.9. The van der Waals surface area contributed by atoms with Gasteiger partial charge in [-0.3, -0.25) is 4.79 Å². The van der Waals surface area contributed by atoms with Gasteiger partial charge in [0.25, 0.3) is 5.91 Å². The predicted molar refractivity (Wildman–Crippen MR) is 82.2 cm³/mol. The number of nitrogens with one attached hydrogen (secondary N) is 1. The van der Waals surface area contributed by atoms with Crippen molar-refractivity contribution < 1.29 is 10.0 Å². The summed E-state index contributed by atoms with van der Waals surface area (Å²) in [6.45, 7) is 0. The van der Waals surface area contributed by atoms with Crippen molar-refractivity contribution in [3.63, 3.8) is 0 Å². The summed E-state index contributed by atoms with van der Waals surface area (Å²) in [6.07, 6.45) is 1.13. The molecular formula is C15H12ClN3O2. The van der Waals surface area contributed by atoms with E-state index in [1.165, 1.54) is 0 Å². The molecule has 0 atom stereocenters. The van der Waals surface area contributed by atoms with Gasteiger partial charge in [-0.15, -0.1) is 0 Å². The number of halogens is 1. The van der Waals surface area contributed by atoms with Gasteiger partial charge in [-0.2, -0.15) is 5.10 Å². The lowest BCUT2D eigenvalue weighted by molar-refractivity contribution is 0.0955. The zero-order valence-corrected chi connectivity index (χ0v) is 11.7. The molecule has 0 aromatic heterocycles. The molecule has 6 heteroatoms. The molecule has 0 saturated carbocycles. The first-order valence-electron chi connectivity index (χ1n) is 6.07. The highest BCUT2D eigenvalue weighted by Crippen LogP contribution is 2.10. The maximum Gasteiger partial charge on any atom is 0.271 e. The van der Waals surface area contributed by atoms with E-state index in [-0.39, 0.29) is 5.91 Å². The fourth-order valence-corrected chi connectivity index (χ4v) is 1.73. The van der Waals surface area contributed by atoms with Crippen LogP contribution >= 0.6 is 11.6 Å². The number of oxime groups is 1. The minimum absolute atomic E-state index is 0.304. The van der Waals surface area contributed by atoms with Crippen LogP contribution in [0.15, 0.2) is 64.9 Å². The van der Waals surface area contributed by atoms with Crippen molar-refractivity contribution in [2.45, 2.75) is 0 Å². The Morgan fingerprint density at radius 3 is 2.33 bits per heavy atom. The summed E-state index contributed by atoms with van der Waals surface area (Å²) in [5, 5.41) is 16.2. The monoisotopic (exact) mass is 301 g/mol. The first kappa shape index (κ1) is 14.7. The van der Waals surface area contributed by atoms with Crippen molar-refractivity contribution in [1.82, 2.24) is 5.43 Å². The molecule has 5 nitrogen and oxygen atoms in total. The van der Waals surface area contributed by atoms with E-state index < -0.39 is 0 Å². The minimum Gasteiger partial charge on any atom is -0.411 e. The summed E-state index contributed by atoms with van der Waals surface area (Å²) < 4.78 is 0. The fourth-order valence-electron chi connectivity index (χ4n) is 1.61. The third-order valence-corrected chi connectivity index (χ3v) is 2.89. The van der Waals surface area contributed by atoms with Crippen molar-refractivity contribution in [2.75, 3.05) is 0 Å². The lowest BCUT2D eigenvalue weighted by Gasteiger charge is -2.03. The van der Waals surface area contributed by atoms with Crippen LogP contribution in [-0.4, -0.2) is 23.0 Å². The van der Waals surface area contributed by atoms with Crippen molar-refractivity contribution in [3.05, 3.63) is 70.7 Å². The van der Waals surface area contributed by atoms with Crippen LogP contribution in [0.5, 0.6) is 0 Å². The van der Waals surface area contributed by atoms with E-state index in [2.05, 4.69) is 15.7 Å². The Balaban J connectivity index is 2.19. The highest BCUT2D eigenvalue weighted by molar-refractivity contribution is 6.38. The number of hydrogen-bond acceptors (Lipinski definition) is 4. The maximum atomic E-state index is 11.9. The zero-order valence-electron chi connectivity index (χ0n) is 10.9. The Kier molecular flexibility index (Phi) is 5.06. The SMILES string of the molecule is O=C(NN=C(C=NO)c1ccc(Cl)cc1)c1ccccc1. The van der Waals surface area contributed by atoms with Gasteiger partial charge in [-0.05, 0) is 24.3 Å². The van der Waals surface area contributed by atoms with Gasteiger partial charge < -0.3 is 5.21 Å². The largest absolute Gasteiger partial charge is 0.411 e. The molecule has 21 heavy (non-hydrogen) atoms. The van der Waals surface area contributed by atoms with Gasteiger partial charge in [0.05, 0.1) is 6.21 Å². The van der Waals surface area contributed by atoms with Crippen LogP contribution in [0, 0.1) is 0 Å². The highest BCUT2D eigenvalue weighted by Gasteiger charge is 2.05. The molecule has 2 aromatic carbocycles. The van der Waals surface area contributed by atoms with Crippen molar-refractivity contribution in [1.29, 1.82) is 0 Å². The van der Waals surface area contributed by atoms with Gasteiger partial charge in [0.2, 0.25) is 0 Å². The molecule has 0 bridgehead atoms. The van der Waals surface area contributed by atoms with Gasteiger partial charge in [-0.1, -0.05) is 47.1 Å². The Hall–Kier alpha value is -2.66. The zero-order chi connectivity index (χ0) is 15.1.